The Morgan fingerprint density at radius 3 is 2.65 bits per heavy atom. The van der Waals surface area contributed by atoms with Gasteiger partial charge in [-0.05, 0) is 35.4 Å². The molecule has 1 atom stereocenters. The van der Waals surface area contributed by atoms with Crippen molar-refractivity contribution in [2.24, 2.45) is 0 Å². The zero-order valence-electron chi connectivity index (χ0n) is 19.0. The molecule has 5 rings (SSSR count). The van der Waals surface area contributed by atoms with Crippen LogP contribution in [-0.2, 0) is 27.4 Å². The van der Waals surface area contributed by atoms with Crippen LogP contribution in [0.1, 0.15) is 22.8 Å². The third-order valence-electron chi connectivity index (χ3n) is 6.53. The molecular formula is C25H27ClN4O4. The van der Waals surface area contributed by atoms with Gasteiger partial charge >= 0.3 is 0 Å². The van der Waals surface area contributed by atoms with Crippen LogP contribution in [0, 0.1) is 0 Å². The summed E-state index contributed by atoms with van der Waals surface area (Å²) in [5, 5.41) is 14.8. The van der Waals surface area contributed by atoms with E-state index in [0.29, 0.717) is 36.9 Å². The van der Waals surface area contributed by atoms with Crippen LogP contribution in [0.15, 0.2) is 48.2 Å². The topological polar surface area (TPSA) is 85.4 Å². The highest BCUT2D eigenvalue weighted by atomic mass is 35.5. The maximum absolute atomic E-state index is 13.1. The second-order valence-corrected chi connectivity index (χ2v) is 9.25. The van der Waals surface area contributed by atoms with Gasteiger partial charge in [0.05, 0.1) is 30.2 Å². The number of nitrogens with zero attached hydrogens (tertiary/aromatic N) is 3. The number of aliphatic hydroxyl groups is 1. The summed E-state index contributed by atoms with van der Waals surface area (Å²) in [5.41, 5.74) is 4.25. The minimum absolute atomic E-state index is 0.0736. The van der Waals surface area contributed by atoms with Crippen molar-refractivity contribution in [1.82, 2.24) is 10.2 Å². The fraction of sp³-hybridized carbons (Fsp3) is 0.360. The summed E-state index contributed by atoms with van der Waals surface area (Å²) in [4.78, 5) is 31.5. The molecule has 2 amide bonds. The predicted octanol–water partition coefficient (Wildman–Crippen LogP) is 2.20. The molecule has 34 heavy (non-hydrogen) atoms. The first-order chi connectivity index (χ1) is 16.4. The zero-order chi connectivity index (χ0) is 23.8. The first-order valence-electron chi connectivity index (χ1n) is 11.3. The van der Waals surface area contributed by atoms with Crippen molar-refractivity contribution in [2.45, 2.75) is 19.2 Å². The Hall–Kier alpha value is -2.91. The summed E-state index contributed by atoms with van der Waals surface area (Å²) in [6.07, 6.45) is 0.502. The predicted molar refractivity (Wildman–Crippen MR) is 130 cm³/mol. The second-order valence-electron chi connectivity index (χ2n) is 8.82. The van der Waals surface area contributed by atoms with Crippen molar-refractivity contribution < 1.29 is 19.4 Å². The quantitative estimate of drug-likeness (QED) is 0.679. The lowest BCUT2D eigenvalue weighted by Gasteiger charge is -2.40. The van der Waals surface area contributed by atoms with Crippen LogP contribution < -0.4 is 15.1 Å². The number of amides is 2. The fourth-order valence-electron chi connectivity index (χ4n) is 4.64. The fourth-order valence-corrected chi connectivity index (χ4v) is 4.76. The Morgan fingerprint density at radius 2 is 1.91 bits per heavy atom. The SMILES string of the molecule is CN1C(=O)CN2C=C(C(=O)NCc3ccc(Cl)cc3)C(O)c3cc(CN4CCOCC4)cc1c32. The van der Waals surface area contributed by atoms with E-state index in [2.05, 4.69) is 10.2 Å². The number of rotatable bonds is 5. The van der Waals surface area contributed by atoms with Crippen LogP contribution in [0.2, 0.25) is 5.02 Å². The number of anilines is 2. The van der Waals surface area contributed by atoms with Gasteiger partial charge in [-0.15, -0.1) is 0 Å². The first-order valence-corrected chi connectivity index (χ1v) is 11.7. The highest BCUT2D eigenvalue weighted by Gasteiger charge is 2.37. The average molecular weight is 483 g/mol. The summed E-state index contributed by atoms with van der Waals surface area (Å²) >= 11 is 5.93. The number of aliphatic hydroxyl groups excluding tert-OH is 1. The number of ether oxygens (including phenoxy) is 1. The standard InChI is InChI=1S/C25H27ClN4O4/c1-28-21-11-17(13-29-6-8-34-9-7-29)10-19-23(21)30(15-22(28)31)14-20(24(19)32)25(33)27-12-16-2-4-18(26)5-3-16/h2-5,10-11,14,24,32H,6-9,12-13,15H2,1H3,(H,27,33). The molecule has 8 nitrogen and oxygen atoms in total. The van der Waals surface area contributed by atoms with Crippen molar-refractivity contribution in [3.05, 3.63) is 69.9 Å². The van der Waals surface area contributed by atoms with E-state index in [4.69, 9.17) is 16.3 Å². The number of nitrogens with one attached hydrogen (secondary N) is 1. The normalized spacial score (nSPS) is 20.1. The molecule has 3 aliphatic rings. The molecule has 0 spiro atoms. The zero-order valence-corrected chi connectivity index (χ0v) is 19.7. The third-order valence-corrected chi connectivity index (χ3v) is 6.78. The minimum Gasteiger partial charge on any atom is -0.383 e. The molecule has 9 heteroatoms. The largest absolute Gasteiger partial charge is 0.383 e. The van der Waals surface area contributed by atoms with E-state index >= 15 is 0 Å². The number of carbonyl (C=O) groups excluding carboxylic acids is 2. The van der Waals surface area contributed by atoms with E-state index in [9.17, 15) is 14.7 Å². The monoisotopic (exact) mass is 482 g/mol. The number of benzene rings is 2. The van der Waals surface area contributed by atoms with E-state index in [0.717, 1.165) is 35.6 Å². The summed E-state index contributed by atoms with van der Waals surface area (Å²) in [7, 11) is 1.75. The van der Waals surface area contributed by atoms with E-state index in [1.165, 1.54) is 0 Å². The van der Waals surface area contributed by atoms with E-state index in [1.807, 2.05) is 24.3 Å². The molecular weight excluding hydrogens is 456 g/mol. The van der Waals surface area contributed by atoms with Gasteiger partial charge in [0.15, 0.2) is 0 Å². The van der Waals surface area contributed by atoms with E-state index in [-0.39, 0.29) is 23.9 Å². The molecule has 0 aliphatic carbocycles. The first kappa shape index (κ1) is 22.9. The average Bonchev–Trinajstić information content (AvgIpc) is 2.84. The summed E-state index contributed by atoms with van der Waals surface area (Å²) in [5.74, 6) is -0.449. The van der Waals surface area contributed by atoms with Crippen molar-refractivity contribution >= 4 is 34.8 Å². The highest BCUT2D eigenvalue weighted by Crippen LogP contribution is 2.45. The van der Waals surface area contributed by atoms with E-state index in [1.54, 1.807) is 35.2 Å². The van der Waals surface area contributed by atoms with Gasteiger partial charge in [-0.25, -0.2) is 0 Å². The molecule has 1 fully saturated rings. The molecule has 2 aromatic rings. The Morgan fingerprint density at radius 1 is 1.18 bits per heavy atom. The Bertz CT molecular complexity index is 1140. The van der Waals surface area contributed by atoms with Crippen LogP contribution in [0.25, 0.3) is 0 Å². The molecule has 2 N–H and O–H groups in total. The van der Waals surface area contributed by atoms with Crippen molar-refractivity contribution in [3.63, 3.8) is 0 Å². The maximum atomic E-state index is 13.1. The number of hydrogen-bond donors (Lipinski definition) is 2. The van der Waals surface area contributed by atoms with Crippen LogP contribution in [0.3, 0.4) is 0 Å². The maximum Gasteiger partial charge on any atom is 0.251 e. The molecule has 1 saturated heterocycles. The highest BCUT2D eigenvalue weighted by molar-refractivity contribution is 6.30. The van der Waals surface area contributed by atoms with Gasteiger partial charge in [-0.3, -0.25) is 14.5 Å². The van der Waals surface area contributed by atoms with Gasteiger partial charge in [0.1, 0.15) is 12.6 Å². The number of hydrogen-bond acceptors (Lipinski definition) is 6. The summed E-state index contributed by atoms with van der Waals surface area (Å²) in [6, 6.07) is 11.2. The lowest BCUT2D eigenvalue weighted by molar-refractivity contribution is -0.119. The van der Waals surface area contributed by atoms with Crippen molar-refractivity contribution in [2.75, 3.05) is 49.7 Å². The Kier molecular flexibility index (Phi) is 6.31. The third kappa shape index (κ3) is 4.42. The van der Waals surface area contributed by atoms with Crippen LogP contribution in [-0.4, -0.2) is 61.7 Å². The lowest BCUT2D eigenvalue weighted by atomic mass is 9.91. The number of likely N-dealkylation sites (N-methyl/N-ethyl adjacent to an activating group) is 1. The molecule has 0 bridgehead atoms. The summed E-state index contributed by atoms with van der Waals surface area (Å²) < 4.78 is 5.45. The number of halogens is 1. The molecule has 2 aromatic carbocycles. The molecule has 0 aromatic heterocycles. The molecule has 0 radical (unpaired) electrons. The van der Waals surface area contributed by atoms with Gasteiger partial charge in [0.25, 0.3) is 5.91 Å². The van der Waals surface area contributed by atoms with Gasteiger partial charge in [-0.2, -0.15) is 0 Å². The van der Waals surface area contributed by atoms with E-state index < -0.39 is 6.10 Å². The van der Waals surface area contributed by atoms with Crippen LogP contribution in [0.5, 0.6) is 0 Å². The van der Waals surface area contributed by atoms with Crippen LogP contribution >= 0.6 is 11.6 Å². The summed E-state index contributed by atoms with van der Waals surface area (Å²) in [6.45, 7) is 4.12. The van der Waals surface area contributed by atoms with Gasteiger partial charge in [-0.1, -0.05) is 23.7 Å². The second kappa shape index (κ2) is 9.38. The molecule has 3 heterocycles. The lowest BCUT2D eigenvalue weighted by Crippen LogP contribution is -2.45. The molecule has 0 saturated carbocycles. The van der Waals surface area contributed by atoms with Crippen molar-refractivity contribution in [1.29, 1.82) is 0 Å². The Balaban J connectivity index is 1.43. The van der Waals surface area contributed by atoms with Crippen LogP contribution in [0.4, 0.5) is 11.4 Å². The van der Waals surface area contributed by atoms with Crippen molar-refractivity contribution in [3.8, 4) is 0 Å². The minimum atomic E-state index is -1.10. The Labute approximate surface area is 203 Å². The number of carbonyl (C=O) groups is 2. The van der Waals surface area contributed by atoms with Gasteiger partial charge in [0.2, 0.25) is 5.91 Å². The van der Waals surface area contributed by atoms with Gasteiger partial charge < -0.3 is 25.0 Å². The molecule has 3 aliphatic heterocycles. The van der Waals surface area contributed by atoms with Gasteiger partial charge in [0, 0.05) is 50.0 Å². The number of morpholine rings is 1. The smallest absolute Gasteiger partial charge is 0.251 e. The molecule has 1 unspecified atom stereocenters. The molecule has 178 valence electrons.